The minimum atomic E-state index is -0.323. The number of aromatic nitrogens is 2. The van der Waals surface area contributed by atoms with Crippen LogP contribution >= 0.6 is 0 Å². The second kappa shape index (κ2) is 6.15. The van der Waals surface area contributed by atoms with Crippen LogP contribution in [0, 0.1) is 5.92 Å². The molecule has 0 saturated heterocycles. The number of hydrogen-bond acceptors (Lipinski definition) is 4. The van der Waals surface area contributed by atoms with Gasteiger partial charge in [0, 0.05) is 0 Å². The Labute approximate surface area is 94.8 Å². The summed E-state index contributed by atoms with van der Waals surface area (Å²) in [5.41, 5.74) is -0.323. The molecule has 0 aliphatic heterocycles. The maximum atomic E-state index is 11.3. The lowest BCUT2D eigenvalue weighted by Crippen LogP contribution is -2.12. The first-order valence-electron chi connectivity index (χ1n) is 5.39. The Morgan fingerprint density at radius 1 is 1.50 bits per heavy atom. The van der Waals surface area contributed by atoms with Crippen LogP contribution in [-0.4, -0.2) is 23.7 Å². The molecule has 0 amide bonds. The van der Waals surface area contributed by atoms with Crippen molar-refractivity contribution in [1.82, 2.24) is 9.97 Å². The van der Waals surface area contributed by atoms with Crippen LogP contribution in [0.4, 0.5) is 0 Å². The van der Waals surface area contributed by atoms with Crippen LogP contribution in [0.25, 0.3) is 0 Å². The smallest absolute Gasteiger partial charge is 0.297 e. The third kappa shape index (κ3) is 3.56. The van der Waals surface area contributed by atoms with Gasteiger partial charge in [0.1, 0.15) is 0 Å². The molecule has 1 aromatic rings. The Bertz CT molecular complexity index is 374. The minimum Gasteiger partial charge on any atom is -0.487 e. The Morgan fingerprint density at radius 3 is 2.88 bits per heavy atom. The van der Waals surface area contributed by atoms with Gasteiger partial charge < -0.3 is 14.5 Å². The fourth-order valence-electron chi connectivity index (χ4n) is 1.31. The number of rotatable bonds is 6. The van der Waals surface area contributed by atoms with Crippen LogP contribution in [0.15, 0.2) is 11.1 Å². The van der Waals surface area contributed by atoms with Gasteiger partial charge in [-0.1, -0.05) is 13.8 Å². The summed E-state index contributed by atoms with van der Waals surface area (Å²) in [6, 6.07) is 0. The molecule has 1 rings (SSSR count). The van der Waals surface area contributed by atoms with E-state index in [1.807, 2.05) is 0 Å². The van der Waals surface area contributed by atoms with E-state index in [-0.39, 0.29) is 17.2 Å². The van der Waals surface area contributed by atoms with Crippen LogP contribution < -0.4 is 15.0 Å². The molecular formula is C11H18N2O3. The van der Waals surface area contributed by atoms with E-state index in [4.69, 9.17) is 9.47 Å². The standard InChI is InChI=1S/C11H18N2O3/c1-8(2)5-4-6-16-11-9(15-3)10(14)12-7-13-11/h7-8H,4-6H2,1-3H3,(H,12,13,14). The molecule has 5 heteroatoms. The van der Waals surface area contributed by atoms with E-state index in [9.17, 15) is 4.79 Å². The fraction of sp³-hybridized carbons (Fsp3) is 0.636. The third-order valence-corrected chi connectivity index (χ3v) is 2.15. The quantitative estimate of drug-likeness (QED) is 0.748. The maximum absolute atomic E-state index is 11.3. The van der Waals surface area contributed by atoms with Crippen LogP contribution in [0.3, 0.4) is 0 Å². The molecule has 0 radical (unpaired) electrons. The Morgan fingerprint density at radius 2 is 2.25 bits per heavy atom. The number of nitrogens with zero attached hydrogens (tertiary/aromatic N) is 1. The summed E-state index contributed by atoms with van der Waals surface area (Å²) in [7, 11) is 1.42. The molecule has 0 aliphatic rings. The van der Waals surface area contributed by atoms with Gasteiger partial charge in [-0.2, -0.15) is 0 Å². The minimum absolute atomic E-state index is 0.132. The van der Waals surface area contributed by atoms with Gasteiger partial charge in [-0.05, 0) is 18.8 Å². The molecule has 1 aromatic heterocycles. The van der Waals surface area contributed by atoms with Gasteiger partial charge in [0.2, 0.25) is 5.75 Å². The second-order valence-electron chi connectivity index (χ2n) is 3.95. The summed E-state index contributed by atoms with van der Waals surface area (Å²) in [4.78, 5) is 17.7. The first kappa shape index (κ1) is 12.5. The molecule has 5 nitrogen and oxygen atoms in total. The molecule has 0 saturated carbocycles. The number of hydrogen-bond donors (Lipinski definition) is 1. The van der Waals surface area contributed by atoms with Gasteiger partial charge in [-0.25, -0.2) is 4.98 Å². The van der Waals surface area contributed by atoms with Crippen molar-refractivity contribution in [2.24, 2.45) is 5.92 Å². The molecule has 0 bridgehead atoms. The van der Waals surface area contributed by atoms with Crippen molar-refractivity contribution in [1.29, 1.82) is 0 Å². The van der Waals surface area contributed by atoms with E-state index in [1.165, 1.54) is 13.4 Å². The molecule has 0 fully saturated rings. The number of aromatic amines is 1. The normalized spacial score (nSPS) is 10.5. The largest absolute Gasteiger partial charge is 0.487 e. The average molecular weight is 226 g/mol. The van der Waals surface area contributed by atoms with Crippen molar-refractivity contribution in [3.8, 4) is 11.6 Å². The summed E-state index contributed by atoms with van der Waals surface area (Å²) < 4.78 is 10.3. The van der Waals surface area contributed by atoms with E-state index >= 15 is 0 Å². The lowest BCUT2D eigenvalue weighted by atomic mass is 10.1. The highest BCUT2D eigenvalue weighted by atomic mass is 16.5. The SMILES string of the molecule is COc1c(OCCCC(C)C)nc[nH]c1=O. The van der Waals surface area contributed by atoms with Crippen molar-refractivity contribution in [2.75, 3.05) is 13.7 Å². The summed E-state index contributed by atoms with van der Waals surface area (Å²) in [5, 5.41) is 0. The summed E-state index contributed by atoms with van der Waals surface area (Å²) in [6.45, 7) is 4.86. The van der Waals surface area contributed by atoms with Crippen molar-refractivity contribution in [2.45, 2.75) is 26.7 Å². The molecule has 1 N–H and O–H groups in total. The molecule has 0 spiro atoms. The molecule has 0 aromatic carbocycles. The zero-order chi connectivity index (χ0) is 12.0. The highest BCUT2D eigenvalue weighted by Gasteiger charge is 2.09. The van der Waals surface area contributed by atoms with E-state index in [0.29, 0.717) is 12.5 Å². The average Bonchev–Trinajstić information content (AvgIpc) is 2.24. The Balaban J connectivity index is 2.53. The molecular weight excluding hydrogens is 208 g/mol. The Kier molecular flexibility index (Phi) is 4.82. The molecule has 0 aliphatic carbocycles. The van der Waals surface area contributed by atoms with Crippen molar-refractivity contribution in [3.63, 3.8) is 0 Å². The van der Waals surface area contributed by atoms with Gasteiger partial charge >= 0.3 is 0 Å². The van der Waals surface area contributed by atoms with E-state index < -0.39 is 0 Å². The summed E-state index contributed by atoms with van der Waals surface area (Å²) in [5.74, 6) is 1.04. The van der Waals surface area contributed by atoms with Crippen LogP contribution in [0.2, 0.25) is 0 Å². The molecule has 0 atom stereocenters. The van der Waals surface area contributed by atoms with E-state index in [1.54, 1.807) is 0 Å². The van der Waals surface area contributed by atoms with E-state index in [0.717, 1.165) is 12.8 Å². The highest BCUT2D eigenvalue weighted by molar-refractivity contribution is 5.29. The Hall–Kier alpha value is -1.52. The summed E-state index contributed by atoms with van der Waals surface area (Å²) >= 11 is 0. The van der Waals surface area contributed by atoms with Crippen LogP contribution in [0.1, 0.15) is 26.7 Å². The number of nitrogens with one attached hydrogen (secondary N) is 1. The topological polar surface area (TPSA) is 64.2 Å². The number of H-pyrrole nitrogens is 1. The number of ether oxygens (including phenoxy) is 2. The van der Waals surface area contributed by atoms with Gasteiger partial charge in [0.15, 0.2) is 0 Å². The van der Waals surface area contributed by atoms with E-state index in [2.05, 4.69) is 23.8 Å². The van der Waals surface area contributed by atoms with Crippen molar-refractivity contribution < 1.29 is 9.47 Å². The number of methoxy groups -OCH3 is 1. The monoisotopic (exact) mass is 226 g/mol. The van der Waals surface area contributed by atoms with Gasteiger partial charge in [0.05, 0.1) is 20.0 Å². The van der Waals surface area contributed by atoms with Gasteiger partial charge in [0.25, 0.3) is 11.4 Å². The molecule has 0 unspecified atom stereocenters. The first-order valence-corrected chi connectivity index (χ1v) is 5.39. The van der Waals surface area contributed by atoms with Crippen LogP contribution in [-0.2, 0) is 0 Å². The van der Waals surface area contributed by atoms with Crippen molar-refractivity contribution >= 4 is 0 Å². The fourth-order valence-corrected chi connectivity index (χ4v) is 1.31. The predicted molar refractivity (Wildman–Crippen MR) is 61.0 cm³/mol. The van der Waals surface area contributed by atoms with Gasteiger partial charge in [-0.15, -0.1) is 0 Å². The third-order valence-electron chi connectivity index (χ3n) is 2.15. The first-order chi connectivity index (χ1) is 7.65. The predicted octanol–water partition coefficient (Wildman–Crippen LogP) is 1.59. The lowest BCUT2D eigenvalue weighted by Gasteiger charge is -2.08. The highest BCUT2D eigenvalue weighted by Crippen LogP contribution is 2.17. The maximum Gasteiger partial charge on any atom is 0.297 e. The van der Waals surface area contributed by atoms with Crippen LogP contribution in [0.5, 0.6) is 11.6 Å². The molecule has 1 heterocycles. The molecule has 90 valence electrons. The summed E-state index contributed by atoms with van der Waals surface area (Å²) in [6.07, 6.45) is 3.34. The second-order valence-corrected chi connectivity index (χ2v) is 3.95. The zero-order valence-electron chi connectivity index (χ0n) is 9.95. The lowest BCUT2D eigenvalue weighted by molar-refractivity contribution is 0.266. The van der Waals surface area contributed by atoms with Crippen molar-refractivity contribution in [3.05, 3.63) is 16.7 Å². The van der Waals surface area contributed by atoms with Gasteiger partial charge in [-0.3, -0.25) is 4.79 Å². The zero-order valence-corrected chi connectivity index (χ0v) is 9.95. The molecule has 16 heavy (non-hydrogen) atoms.